The Kier molecular flexibility index (Phi) is 3.24. The fourth-order valence-electron chi connectivity index (χ4n) is 1.67. The third kappa shape index (κ3) is 2.36. The summed E-state index contributed by atoms with van der Waals surface area (Å²) in [5.41, 5.74) is 1.76. The van der Waals surface area contributed by atoms with Crippen molar-refractivity contribution in [3.8, 4) is 11.8 Å². The van der Waals surface area contributed by atoms with Crippen LogP contribution in [-0.4, -0.2) is 11.1 Å². The van der Waals surface area contributed by atoms with Crippen molar-refractivity contribution in [3.63, 3.8) is 0 Å². The van der Waals surface area contributed by atoms with E-state index in [9.17, 15) is 0 Å². The van der Waals surface area contributed by atoms with Gasteiger partial charge in [0.25, 0.3) is 0 Å². The Morgan fingerprint density at radius 2 is 2.18 bits per heavy atom. The lowest BCUT2D eigenvalue weighted by Gasteiger charge is -2.12. The standard InChI is InChI=1S/C14H14N2O/c1-3-12(9-15)17-13-6-4-5-11-8-7-10(2)16-14(11)13/h4-8,12H,3H2,1-2H3. The minimum Gasteiger partial charge on any atom is -0.473 e. The van der Waals surface area contributed by atoms with Crippen LogP contribution in [0.2, 0.25) is 0 Å². The monoisotopic (exact) mass is 226 g/mol. The molecule has 86 valence electrons. The van der Waals surface area contributed by atoms with Crippen molar-refractivity contribution in [1.82, 2.24) is 4.98 Å². The fraction of sp³-hybridized carbons (Fsp3) is 0.286. The largest absolute Gasteiger partial charge is 0.473 e. The fourth-order valence-corrected chi connectivity index (χ4v) is 1.67. The number of nitrogens with zero attached hydrogens (tertiary/aromatic N) is 2. The normalized spacial score (nSPS) is 12.1. The van der Waals surface area contributed by atoms with Crippen LogP contribution in [0.5, 0.6) is 5.75 Å². The van der Waals surface area contributed by atoms with E-state index >= 15 is 0 Å². The number of aromatic nitrogens is 1. The summed E-state index contributed by atoms with van der Waals surface area (Å²) in [5, 5.41) is 9.95. The van der Waals surface area contributed by atoms with Crippen LogP contribution in [0.3, 0.4) is 0 Å². The van der Waals surface area contributed by atoms with Crippen LogP contribution in [0.1, 0.15) is 19.0 Å². The minimum atomic E-state index is -0.414. The van der Waals surface area contributed by atoms with E-state index in [-0.39, 0.29) is 0 Å². The summed E-state index contributed by atoms with van der Waals surface area (Å²) in [5.74, 6) is 0.680. The Labute approximate surface area is 101 Å². The van der Waals surface area contributed by atoms with Crippen molar-refractivity contribution in [2.75, 3.05) is 0 Å². The van der Waals surface area contributed by atoms with Gasteiger partial charge in [-0.1, -0.05) is 25.1 Å². The van der Waals surface area contributed by atoms with E-state index in [1.165, 1.54) is 0 Å². The van der Waals surface area contributed by atoms with Crippen molar-refractivity contribution in [2.24, 2.45) is 0 Å². The number of pyridine rings is 1. The predicted molar refractivity (Wildman–Crippen MR) is 66.8 cm³/mol. The van der Waals surface area contributed by atoms with Gasteiger partial charge in [-0.15, -0.1) is 0 Å². The molecule has 0 aliphatic carbocycles. The number of hydrogen-bond donors (Lipinski definition) is 0. The SMILES string of the molecule is CCC(C#N)Oc1cccc2ccc(C)nc12. The quantitative estimate of drug-likeness (QED) is 0.807. The third-order valence-electron chi connectivity index (χ3n) is 2.61. The molecule has 0 radical (unpaired) electrons. The average Bonchev–Trinajstić information content (AvgIpc) is 2.36. The zero-order valence-electron chi connectivity index (χ0n) is 9.97. The number of para-hydroxylation sites is 1. The van der Waals surface area contributed by atoms with Gasteiger partial charge < -0.3 is 4.74 Å². The molecule has 0 saturated heterocycles. The van der Waals surface area contributed by atoms with Crippen molar-refractivity contribution < 1.29 is 4.74 Å². The van der Waals surface area contributed by atoms with Crippen LogP contribution in [0.4, 0.5) is 0 Å². The second kappa shape index (κ2) is 4.84. The molecule has 2 rings (SSSR count). The molecule has 2 aromatic rings. The number of benzene rings is 1. The molecule has 1 aromatic heterocycles. The highest BCUT2D eigenvalue weighted by Gasteiger charge is 2.09. The maximum atomic E-state index is 8.92. The first-order chi connectivity index (χ1) is 8.24. The van der Waals surface area contributed by atoms with Crippen molar-refractivity contribution in [1.29, 1.82) is 5.26 Å². The molecule has 3 heteroatoms. The first-order valence-corrected chi connectivity index (χ1v) is 5.67. The molecule has 1 heterocycles. The topological polar surface area (TPSA) is 45.9 Å². The molecule has 0 aliphatic heterocycles. The van der Waals surface area contributed by atoms with Gasteiger partial charge >= 0.3 is 0 Å². The number of fused-ring (bicyclic) bond motifs is 1. The van der Waals surface area contributed by atoms with Crippen LogP contribution in [-0.2, 0) is 0 Å². The lowest BCUT2D eigenvalue weighted by atomic mass is 10.2. The molecule has 1 atom stereocenters. The van der Waals surface area contributed by atoms with E-state index < -0.39 is 6.10 Å². The Bertz CT molecular complexity index is 572. The van der Waals surface area contributed by atoms with Gasteiger partial charge in [0.15, 0.2) is 6.10 Å². The van der Waals surface area contributed by atoms with Gasteiger partial charge in [-0.3, -0.25) is 0 Å². The van der Waals surface area contributed by atoms with Gasteiger partial charge in [-0.05, 0) is 25.5 Å². The molecule has 1 unspecified atom stereocenters. The molecule has 0 bridgehead atoms. The maximum Gasteiger partial charge on any atom is 0.184 e. The zero-order chi connectivity index (χ0) is 12.3. The molecular formula is C14H14N2O. The smallest absolute Gasteiger partial charge is 0.184 e. The molecule has 0 spiro atoms. The van der Waals surface area contributed by atoms with E-state index in [1.54, 1.807) is 0 Å². The highest BCUT2D eigenvalue weighted by molar-refractivity contribution is 5.84. The van der Waals surface area contributed by atoms with Crippen LogP contribution < -0.4 is 4.74 Å². The van der Waals surface area contributed by atoms with Gasteiger partial charge in [0.1, 0.15) is 17.3 Å². The highest BCUT2D eigenvalue weighted by Crippen LogP contribution is 2.25. The summed E-state index contributed by atoms with van der Waals surface area (Å²) < 4.78 is 5.66. The van der Waals surface area contributed by atoms with Crippen molar-refractivity contribution in [2.45, 2.75) is 26.4 Å². The van der Waals surface area contributed by atoms with E-state index in [2.05, 4.69) is 11.1 Å². The Morgan fingerprint density at radius 1 is 1.35 bits per heavy atom. The highest BCUT2D eigenvalue weighted by atomic mass is 16.5. The molecule has 3 nitrogen and oxygen atoms in total. The molecule has 0 amide bonds. The predicted octanol–water partition coefficient (Wildman–Crippen LogP) is 3.22. The van der Waals surface area contributed by atoms with Gasteiger partial charge in [-0.25, -0.2) is 4.98 Å². The van der Waals surface area contributed by atoms with Crippen LogP contribution in [0, 0.1) is 18.3 Å². The minimum absolute atomic E-state index is 0.414. The first-order valence-electron chi connectivity index (χ1n) is 5.67. The molecule has 17 heavy (non-hydrogen) atoms. The second-order valence-corrected chi connectivity index (χ2v) is 3.92. The lowest BCUT2D eigenvalue weighted by Crippen LogP contribution is -2.12. The molecular weight excluding hydrogens is 212 g/mol. The number of rotatable bonds is 3. The molecule has 1 aromatic carbocycles. The Hall–Kier alpha value is -2.08. The summed E-state index contributed by atoms with van der Waals surface area (Å²) in [7, 11) is 0. The summed E-state index contributed by atoms with van der Waals surface area (Å²) >= 11 is 0. The third-order valence-corrected chi connectivity index (χ3v) is 2.61. The number of ether oxygens (including phenoxy) is 1. The summed E-state index contributed by atoms with van der Waals surface area (Å²) in [6.07, 6.45) is 0.251. The van der Waals surface area contributed by atoms with Gasteiger partial charge in [-0.2, -0.15) is 5.26 Å². The lowest BCUT2D eigenvalue weighted by molar-refractivity contribution is 0.254. The van der Waals surface area contributed by atoms with Gasteiger partial charge in [0.2, 0.25) is 0 Å². The van der Waals surface area contributed by atoms with Gasteiger partial charge in [0, 0.05) is 11.1 Å². The second-order valence-electron chi connectivity index (χ2n) is 3.92. The summed E-state index contributed by atoms with van der Waals surface area (Å²) in [4.78, 5) is 4.46. The van der Waals surface area contributed by atoms with Gasteiger partial charge in [0.05, 0.1) is 0 Å². The van der Waals surface area contributed by atoms with Crippen LogP contribution in [0.25, 0.3) is 10.9 Å². The van der Waals surface area contributed by atoms with E-state index in [1.807, 2.05) is 44.2 Å². The molecule has 0 saturated carbocycles. The zero-order valence-corrected chi connectivity index (χ0v) is 9.97. The number of hydrogen-bond acceptors (Lipinski definition) is 3. The maximum absolute atomic E-state index is 8.92. The van der Waals surface area contributed by atoms with Crippen molar-refractivity contribution >= 4 is 10.9 Å². The summed E-state index contributed by atoms with van der Waals surface area (Å²) in [6.45, 7) is 3.87. The molecule has 0 aliphatic rings. The number of nitriles is 1. The molecule has 0 fully saturated rings. The molecule has 0 N–H and O–H groups in total. The van der Waals surface area contributed by atoms with Crippen LogP contribution >= 0.6 is 0 Å². The van der Waals surface area contributed by atoms with E-state index in [0.717, 1.165) is 16.6 Å². The Morgan fingerprint density at radius 3 is 2.88 bits per heavy atom. The van der Waals surface area contributed by atoms with Crippen LogP contribution in [0.15, 0.2) is 30.3 Å². The summed E-state index contributed by atoms with van der Waals surface area (Å²) in [6, 6.07) is 11.9. The Balaban J connectivity index is 2.47. The van der Waals surface area contributed by atoms with E-state index in [4.69, 9.17) is 10.00 Å². The average molecular weight is 226 g/mol. The first kappa shape index (κ1) is 11.4. The van der Waals surface area contributed by atoms with E-state index in [0.29, 0.717) is 12.2 Å². The van der Waals surface area contributed by atoms with Crippen molar-refractivity contribution in [3.05, 3.63) is 36.0 Å². The number of aryl methyl sites for hydroxylation is 1.